The van der Waals surface area contributed by atoms with E-state index in [1.807, 2.05) is 0 Å². The third-order valence-corrected chi connectivity index (χ3v) is 3.68. The summed E-state index contributed by atoms with van der Waals surface area (Å²) < 4.78 is 39.5. The van der Waals surface area contributed by atoms with Gasteiger partial charge >= 0.3 is 6.18 Å². The summed E-state index contributed by atoms with van der Waals surface area (Å²) in [6.07, 6.45) is -0.294. The number of fused-ring (bicyclic) bond motifs is 1. The van der Waals surface area contributed by atoms with Crippen LogP contribution < -0.4 is 5.32 Å². The molecule has 1 aliphatic rings. The molecule has 0 aromatic carbocycles. The monoisotopic (exact) mass is 269 g/mol. The quantitative estimate of drug-likeness (QED) is 0.835. The van der Waals surface area contributed by atoms with Crippen molar-refractivity contribution in [2.24, 2.45) is 0 Å². The fraction of sp³-hybridized carbons (Fsp3) is 0.462. The molecule has 2 aromatic heterocycles. The van der Waals surface area contributed by atoms with Gasteiger partial charge in [0.05, 0.1) is 5.56 Å². The maximum absolute atomic E-state index is 13.2. The standard InChI is InChI=1S/C13H14F3N3/c14-13(15,16)10-7-19-12-9(3-6-18-12)11(10)8-1-4-17-5-2-8/h3,6-8,17H,1-2,4-5H2,(H,18,19). The summed E-state index contributed by atoms with van der Waals surface area (Å²) in [4.78, 5) is 6.76. The summed E-state index contributed by atoms with van der Waals surface area (Å²) in [5.41, 5.74) is 0.341. The van der Waals surface area contributed by atoms with Crippen molar-refractivity contribution in [3.8, 4) is 0 Å². The van der Waals surface area contributed by atoms with Gasteiger partial charge in [0.15, 0.2) is 0 Å². The minimum Gasteiger partial charge on any atom is -0.346 e. The minimum absolute atomic E-state index is 0.0563. The summed E-state index contributed by atoms with van der Waals surface area (Å²) >= 11 is 0. The highest BCUT2D eigenvalue weighted by Crippen LogP contribution is 2.40. The van der Waals surface area contributed by atoms with Crippen LogP contribution in [0.15, 0.2) is 18.5 Å². The number of halogens is 3. The average molecular weight is 269 g/mol. The molecule has 1 saturated heterocycles. The van der Waals surface area contributed by atoms with Crippen molar-refractivity contribution < 1.29 is 13.2 Å². The van der Waals surface area contributed by atoms with E-state index in [4.69, 9.17) is 0 Å². The lowest BCUT2D eigenvalue weighted by Crippen LogP contribution is -2.28. The van der Waals surface area contributed by atoms with Crippen molar-refractivity contribution in [3.63, 3.8) is 0 Å². The molecule has 2 N–H and O–H groups in total. The molecule has 2 aromatic rings. The number of aromatic nitrogens is 2. The summed E-state index contributed by atoms with van der Waals surface area (Å²) in [7, 11) is 0. The van der Waals surface area contributed by atoms with Crippen molar-refractivity contribution in [3.05, 3.63) is 29.6 Å². The second-order valence-electron chi connectivity index (χ2n) is 4.85. The number of piperidine rings is 1. The molecule has 0 amide bonds. The molecule has 1 aliphatic heterocycles. The molecule has 0 atom stereocenters. The molecule has 0 aliphatic carbocycles. The van der Waals surface area contributed by atoms with Gasteiger partial charge in [-0.2, -0.15) is 13.2 Å². The van der Waals surface area contributed by atoms with Gasteiger partial charge in [0, 0.05) is 17.8 Å². The first-order valence-electron chi connectivity index (χ1n) is 6.31. The molecular formula is C13H14F3N3. The molecule has 6 heteroatoms. The van der Waals surface area contributed by atoms with Crippen LogP contribution in [0.2, 0.25) is 0 Å². The highest BCUT2D eigenvalue weighted by atomic mass is 19.4. The Morgan fingerprint density at radius 2 is 1.95 bits per heavy atom. The number of nitrogens with one attached hydrogen (secondary N) is 2. The SMILES string of the molecule is FC(F)(F)c1cnc2[nH]ccc2c1C1CCNCC1. The van der Waals surface area contributed by atoms with Crippen molar-refractivity contribution in [2.75, 3.05) is 13.1 Å². The predicted octanol–water partition coefficient (Wildman–Crippen LogP) is 3.05. The highest BCUT2D eigenvalue weighted by molar-refractivity contribution is 5.81. The average Bonchev–Trinajstić information content (AvgIpc) is 2.85. The van der Waals surface area contributed by atoms with Crippen LogP contribution in [-0.2, 0) is 6.18 Å². The zero-order valence-corrected chi connectivity index (χ0v) is 10.2. The maximum atomic E-state index is 13.2. The Hall–Kier alpha value is -1.56. The Bertz CT molecular complexity index is 582. The van der Waals surface area contributed by atoms with Gasteiger partial charge < -0.3 is 10.3 Å². The number of hydrogen-bond acceptors (Lipinski definition) is 2. The molecule has 0 bridgehead atoms. The summed E-state index contributed by atoms with van der Waals surface area (Å²) in [6.45, 7) is 1.52. The molecule has 0 spiro atoms. The van der Waals surface area contributed by atoms with E-state index in [-0.39, 0.29) is 5.92 Å². The van der Waals surface area contributed by atoms with E-state index in [1.54, 1.807) is 12.3 Å². The van der Waals surface area contributed by atoms with Gasteiger partial charge in [0.2, 0.25) is 0 Å². The van der Waals surface area contributed by atoms with Gasteiger partial charge in [-0.05, 0) is 43.5 Å². The molecule has 0 radical (unpaired) electrons. The largest absolute Gasteiger partial charge is 0.418 e. The van der Waals surface area contributed by atoms with Gasteiger partial charge in [-0.1, -0.05) is 0 Å². The normalized spacial score (nSPS) is 18.1. The van der Waals surface area contributed by atoms with Crippen LogP contribution in [0, 0.1) is 0 Å². The first-order valence-corrected chi connectivity index (χ1v) is 6.31. The highest BCUT2D eigenvalue weighted by Gasteiger charge is 2.37. The van der Waals surface area contributed by atoms with Gasteiger partial charge in [-0.3, -0.25) is 0 Å². The topological polar surface area (TPSA) is 40.7 Å². The third-order valence-electron chi connectivity index (χ3n) is 3.68. The number of alkyl halides is 3. The van der Waals surface area contributed by atoms with E-state index in [1.165, 1.54) is 0 Å². The van der Waals surface area contributed by atoms with Crippen molar-refractivity contribution in [2.45, 2.75) is 24.9 Å². The second kappa shape index (κ2) is 4.52. The third kappa shape index (κ3) is 2.20. The Balaban J connectivity index is 2.19. The number of nitrogens with zero attached hydrogens (tertiary/aromatic N) is 1. The van der Waals surface area contributed by atoms with Crippen LogP contribution in [-0.4, -0.2) is 23.1 Å². The molecular weight excluding hydrogens is 255 g/mol. The molecule has 0 saturated carbocycles. The van der Waals surface area contributed by atoms with Crippen LogP contribution in [0.4, 0.5) is 13.2 Å². The van der Waals surface area contributed by atoms with E-state index in [0.29, 0.717) is 16.6 Å². The fourth-order valence-electron chi connectivity index (χ4n) is 2.80. The van der Waals surface area contributed by atoms with Crippen molar-refractivity contribution in [1.82, 2.24) is 15.3 Å². The maximum Gasteiger partial charge on any atom is 0.418 e. The van der Waals surface area contributed by atoms with Crippen LogP contribution in [0.25, 0.3) is 11.0 Å². The van der Waals surface area contributed by atoms with Crippen molar-refractivity contribution >= 4 is 11.0 Å². The van der Waals surface area contributed by atoms with Gasteiger partial charge in [0.1, 0.15) is 5.65 Å². The first kappa shape index (κ1) is 12.5. The van der Waals surface area contributed by atoms with Gasteiger partial charge in [-0.15, -0.1) is 0 Å². The number of hydrogen-bond donors (Lipinski definition) is 2. The minimum atomic E-state index is -4.35. The number of pyridine rings is 1. The molecule has 0 unspecified atom stereocenters. The van der Waals surface area contributed by atoms with Crippen LogP contribution in [0.3, 0.4) is 0 Å². The van der Waals surface area contributed by atoms with E-state index in [2.05, 4.69) is 15.3 Å². The summed E-state index contributed by atoms with van der Waals surface area (Å²) in [6, 6.07) is 1.69. The van der Waals surface area contributed by atoms with Gasteiger partial charge in [-0.25, -0.2) is 4.98 Å². The molecule has 3 rings (SSSR count). The fourth-order valence-corrected chi connectivity index (χ4v) is 2.80. The Morgan fingerprint density at radius 1 is 1.21 bits per heavy atom. The van der Waals surface area contributed by atoms with E-state index in [9.17, 15) is 13.2 Å². The Morgan fingerprint density at radius 3 is 2.63 bits per heavy atom. The Labute approximate surface area is 108 Å². The lowest BCUT2D eigenvalue weighted by molar-refractivity contribution is -0.138. The number of H-pyrrole nitrogens is 1. The molecule has 3 nitrogen and oxygen atoms in total. The molecule has 3 heterocycles. The molecule has 102 valence electrons. The van der Waals surface area contributed by atoms with Crippen molar-refractivity contribution in [1.29, 1.82) is 0 Å². The second-order valence-corrected chi connectivity index (χ2v) is 4.85. The molecule has 19 heavy (non-hydrogen) atoms. The zero-order chi connectivity index (χ0) is 13.5. The Kier molecular flexibility index (Phi) is 2.97. The summed E-state index contributed by atoms with van der Waals surface area (Å²) in [5.74, 6) is -0.0563. The van der Waals surface area contributed by atoms with Crippen LogP contribution in [0.5, 0.6) is 0 Å². The molecule has 1 fully saturated rings. The van der Waals surface area contributed by atoms with Gasteiger partial charge in [0.25, 0.3) is 0 Å². The number of rotatable bonds is 1. The lowest BCUT2D eigenvalue weighted by atomic mass is 9.86. The van der Waals surface area contributed by atoms with Crippen LogP contribution in [0.1, 0.15) is 29.9 Å². The van der Waals surface area contributed by atoms with E-state index >= 15 is 0 Å². The predicted molar refractivity (Wildman–Crippen MR) is 65.9 cm³/mol. The first-order chi connectivity index (χ1) is 9.07. The number of aromatic amines is 1. The lowest BCUT2D eigenvalue weighted by Gasteiger charge is -2.26. The van der Waals surface area contributed by atoms with E-state index in [0.717, 1.165) is 32.1 Å². The zero-order valence-electron chi connectivity index (χ0n) is 10.2. The summed E-state index contributed by atoms with van der Waals surface area (Å²) in [5, 5.41) is 3.78. The van der Waals surface area contributed by atoms with Crippen LogP contribution >= 0.6 is 0 Å². The smallest absolute Gasteiger partial charge is 0.346 e. The van der Waals surface area contributed by atoms with E-state index < -0.39 is 11.7 Å².